The second-order valence-corrected chi connectivity index (χ2v) is 6.16. The normalized spacial score (nSPS) is 15.5. The molecule has 24 heavy (non-hydrogen) atoms. The Labute approximate surface area is 141 Å². The molecule has 1 saturated heterocycles. The maximum absolute atomic E-state index is 11.9. The first kappa shape index (κ1) is 16.2. The van der Waals surface area contributed by atoms with Crippen LogP contribution in [0.1, 0.15) is 18.5 Å². The summed E-state index contributed by atoms with van der Waals surface area (Å²) in [6, 6.07) is 3.77. The van der Waals surface area contributed by atoms with Crippen molar-refractivity contribution in [2.45, 2.75) is 26.3 Å². The van der Waals surface area contributed by atoms with Crippen molar-refractivity contribution < 1.29 is 4.79 Å². The predicted molar refractivity (Wildman–Crippen MR) is 91.4 cm³/mol. The maximum Gasteiger partial charge on any atom is 0.241 e. The lowest BCUT2D eigenvalue weighted by Gasteiger charge is -2.33. The van der Waals surface area contributed by atoms with Crippen LogP contribution in [0.3, 0.4) is 0 Å². The molecule has 1 aliphatic heterocycles. The van der Waals surface area contributed by atoms with Gasteiger partial charge in [0.25, 0.3) is 0 Å². The molecule has 3 rings (SSSR count). The third kappa shape index (κ3) is 4.21. The van der Waals surface area contributed by atoms with E-state index >= 15 is 0 Å². The van der Waals surface area contributed by atoms with Crippen LogP contribution < -0.4 is 16.0 Å². The molecule has 0 atom stereocenters. The summed E-state index contributed by atoms with van der Waals surface area (Å²) in [7, 11) is 0. The summed E-state index contributed by atoms with van der Waals surface area (Å²) in [6.07, 6.45) is 5.49. The number of nitrogens with one attached hydrogen (secondary N) is 1. The molecule has 0 radical (unpaired) electrons. The van der Waals surface area contributed by atoms with Crippen LogP contribution in [0, 0.1) is 12.8 Å². The molecule has 0 aliphatic carbocycles. The van der Waals surface area contributed by atoms with Gasteiger partial charge in [0, 0.05) is 43.8 Å². The van der Waals surface area contributed by atoms with Gasteiger partial charge in [0.15, 0.2) is 0 Å². The standard InChI is InChI=1S/C16H23N7O/c1-12-9-14(21-16(17)20-12)22-7-3-13(4-8-22)10-18-15(24)11-23-6-2-5-19-23/h2,5-6,9,13H,3-4,7-8,10-11H2,1H3,(H,18,24)(H2,17,20,21). The number of hydrogen-bond donors (Lipinski definition) is 2. The lowest BCUT2D eigenvalue weighted by Crippen LogP contribution is -2.39. The van der Waals surface area contributed by atoms with Crippen molar-refractivity contribution >= 4 is 17.7 Å². The minimum atomic E-state index is 0.000304. The van der Waals surface area contributed by atoms with Crippen LogP contribution in [0.15, 0.2) is 24.5 Å². The third-order valence-corrected chi connectivity index (χ3v) is 4.25. The average molecular weight is 329 g/mol. The van der Waals surface area contributed by atoms with E-state index < -0.39 is 0 Å². The van der Waals surface area contributed by atoms with Crippen molar-refractivity contribution in [1.82, 2.24) is 25.1 Å². The Morgan fingerprint density at radius 1 is 1.38 bits per heavy atom. The Morgan fingerprint density at radius 2 is 2.17 bits per heavy atom. The average Bonchev–Trinajstić information content (AvgIpc) is 3.05. The highest BCUT2D eigenvalue weighted by molar-refractivity contribution is 5.75. The molecule has 3 N–H and O–H groups in total. The lowest BCUT2D eigenvalue weighted by atomic mass is 9.97. The molecule has 8 nitrogen and oxygen atoms in total. The molecular weight excluding hydrogens is 306 g/mol. The van der Waals surface area contributed by atoms with E-state index in [4.69, 9.17) is 5.73 Å². The van der Waals surface area contributed by atoms with E-state index in [9.17, 15) is 4.79 Å². The zero-order valence-corrected chi connectivity index (χ0v) is 13.9. The molecule has 0 bridgehead atoms. The minimum Gasteiger partial charge on any atom is -0.368 e. The van der Waals surface area contributed by atoms with E-state index in [1.165, 1.54) is 0 Å². The lowest BCUT2D eigenvalue weighted by molar-refractivity contribution is -0.122. The summed E-state index contributed by atoms with van der Waals surface area (Å²) in [5, 5.41) is 7.04. The number of carbonyl (C=O) groups is 1. The Morgan fingerprint density at radius 3 is 2.83 bits per heavy atom. The number of rotatable bonds is 5. The Balaban J connectivity index is 1.44. The highest BCUT2D eigenvalue weighted by Crippen LogP contribution is 2.22. The first-order valence-corrected chi connectivity index (χ1v) is 8.20. The number of carbonyl (C=O) groups excluding carboxylic acids is 1. The van der Waals surface area contributed by atoms with Gasteiger partial charge in [-0.15, -0.1) is 0 Å². The smallest absolute Gasteiger partial charge is 0.241 e. The molecule has 0 aromatic carbocycles. The van der Waals surface area contributed by atoms with Crippen molar-refractivity contribution in [3.8, 4) is 0 Å². The van der Waals surface area contributed by atoms with Gasteiger partial charge < -0.3 is 16.0 Å². The molecule has 1 fully saturated rings. The van der Waals surface area contributed by atoms with Crippen LogP contribution in [0.5, 0.6) is 0 Å². The summed E-state index contributed by atoms with van der Waals surface area (Å²) in [4.78, 5) is 22.6. The number of aromatic nitrogens is 4. The van der Waals surface area contributed by atoms with Gasteiger partial charge in [0.2, 0.25) is 11.9 Å². The number of piperidine rings is 1. The summed E-state index contributed by atoms with van der Waals surface area (Å²) in [6.45, 7) is 4.72. The van der Waals surface area contributed by atoms with E-state index in [1.54, 1.807) is 17.1 Å². The molecule has 2 aromatic heterocycles. The largest absolute Gasteiger partial charge is 0.368 e. The highest BCUT2D eigenvalue weighted by Gasteiger charge is 2.21. The number of aryl methyl sites for hydroxylation is 1. The Bertz CT molecular complexity index is 657. The summed E-state index contributed by atoms with van der Waals surface area (Å²) in [5.74, 6) is 1.70. The molecule has 3 heterocycles. The van der Waals surface area contributed by atoms with Crippen molar-refractivity contribution in [3.05, 3.63) is 30.2 Å². The molecule has 2 aromatic rings. The molecule has 0 spiro atoms. The summed E-state index contributed by atoms with van der Waals surface area (Å²) >= 11 is 0. The minimum absolute atomic E-state index is 0.000304. The number of amides is 1. The second kappa shape index (κ2) is 7.29. The fourth-order valence-electron chi connectivity index (χ4n) is 2.96. The van der Waals surface area contributed by atoms with Crippen LogP contribution in [0.2, 0.25) is 0 Å². The quantitative estimate of drug-likeness (QED) is 0.833. The van der Waals surface area contributed by atoms with E-state index in [0.29, 0.717) is 18.4 Å². The first-order valence-electron chi connectivity index (χ1n) is 8.20. The third-order valence-electron chi connectivity index (χ3n) is 4.25. The fourth-order valence-corrected chi connectivity index (χ4v) is 2.96. The summed E-state index contributed by atoms with van der Waals surface area (Å²) in [5.41, 5.74) is 6.61. The van der Waals surface area contributed by atoms with Gasteiger partial charge in [0.1, 0.15) is 12.4 Å². The number of anilines is 2. The highest BCUT2D eigenvalue weighted by atomic mass is 16.2. The molecule has 128 valence electrons. The number of nitrogens with zero attached hydrogens (tertiary/aromatic N) is 5. The predicted octanol–water partition coefficient (Wildman–Crippen LogP) is 0.597. The van der Waals surface area contributed by atoms with E-state index in [2.05, 4.69) is 25.3 Å². The van der Waals surface area contributed by atoms with E-state index in [1.807, 2.05) is 19.1 Å². The van der Waals surface area contributed by atoms with E-state index in [-0.39, 0.29) is 12.5 Å². The van der Waals surface area contributed by atoms with Crippen LogP contribution in [-0.4, -0.2) is 45.3 Å². The SMILES string of the molecule is Cc1cc(N2CCC(CNC(=O)Cn3cccn3)CC2)nc(N)n1. The van der Waals surface area contributed by atoms with E-state index in [0.717, 1.165) is 37.4 Å². The van der Waals surface area contributed by atoms with Gasteiger partial charge in [-0.25, -0.2) is 4.98 Å². The van der Waals surface area contributed by atoms with Gasteiger partial charge >= 0.3 is 0 Å². The number of hydrogen-bond acceptors (Lipinski definition) is 6. The van der Waals surface area contributed by atoms with Crippen molar-refractivity contribution in [2.24, 2.45) is 5.92 Å². The van der Waals surface area contributed by atoms with Gasteiger partial charge in [-0.05, 0) is 31.7 Å². The Hall–Kier alpha value is -2.64. The van der Waals surface area contributed by atoms with Crippen LogP contribution in [0.25, 0.3) is 0 Å². The molecule has 0 saturated carbocycles. The van der Waals surface area contributed by atoms with Crippen molar-refractivity contribution in [1.29, 1.82) is 0 Å². The molecule has 1 aliphatic rings. The fraction of sp³-hybridized carbons (Fsp3) is 0.500. The topological polar surface area (TPSA) is 102 Å². The van der Waals surface area contributed by atoms with Gasteiger partial charge in [0.05, 0.1) is 0 Å². The van der Waals surface area contributed by atoms with Gasteiger partial charge in [-0.2, -0.15) is 10.1 Å². The molecule has 1 amide bonds. The van der Waals surface area contributed by atoms with Crippen LogP contribution in [0.4, 0.5) is 11.8 Å². The van der Waals surface area contributed by atoms with Crippen molar-refractivity contribution in [2.75, 3.05) is 30.3 Å². The maximum atomic E-state index is 11.9. The molecule has 8 heteroatoms. The molecule has 0 unspecified atom stereocenters. The van der Waals surface area contributed by atoms with Gasteiger partial charge in [-0.1, -0.05) is 0 Å². The Kier molecular flexibility index (Phi) is 4.93. The first-order chi connectivity index (χ1) is 11.6. The number of nitrogen functional groups attached to an aromatic ring is 1. The summed E-state index contributed by atoms with van der Waals surface area (Å²) < 4.78 is 1.62. The van der Waals surface area contributed by atoms with Crippen LogP contribution in [-0.2, 0) is 11.3 Å². The monoisotopic (exact) mass is 329 g/mol. The second-order valence-electron chi connectivity index (χ2n) is 6.16. The van der Waals surface area contributed by atoms with Crippen LogP contribution >= 0.6 is 0 Å². The zero-order chi connectivity index (χ0) is 16.9. The van der Waals surface area contributed by atoms with Crippen molar-refractivity contribution in [3.63, 3.8) is 0 Å². The molecular formula is C16H23N7O. The zero-order valence-electron chi connectivity index (χ0n) is 13.9. The number of nitrogens with two attached hydrogens (primary N) is 1. The van der Waals surface area contributed by atoms with Gasteiger partial charge in [-0.3, -0.25) is 9.48 Å².